The van der Waals surface area contributed by atoms with Crippen molar-refractivity contribution >= 4 is 11.6 Å². The third-order valence-corrected chi connectivity index (χ3v) is 3.60. The highest BCUT2D eigenvalue weighted by Crippen LogP contribution is 2.18. The van der Waals surface area contributed by atoms with Gasteiger partial charge in [0.1, 0.15) is 11.6 Å². The quantitative estimate of drug-likeness (QED) is 0.856. The molecule has 0 aliphatic carbocycles. The maximum atomic E-state index is 13.5. The number of aryl methyl sites for hydroxylation is 1. The fourth-order valence-corrected chi connectivity index (χ4v) is 2.03. The Kier molecular flexibility index (Phi) is 4.73. The summed E-state index contributed by atoms with van der Waals surface area (Å²) in [5.41, 5.74) is 2.29. The van der Waals surface area contributed by atoms with E-state index in [-0.39, 0.29) is 16.9 Å². The van der Waals surface area contributed by atoms with Crippen LogP contribution in [0.3, 0.4) is 0 Å². The molecule has 0 amide bonds. The van der Waals surface area contributed by atoms with Gasteiger partial charge < -0.3 is 5.32 Å². The summed E-state index contributed by atoms with van der Waals surface area (Å²) in [5.74, 6) is -0.645. The molecule has 4 heteroatoms. The molecule has 0 aliphatic rings. The van der Waals surface area contributed by atoms with Crippen LogP contribution in [0.25, 0.3) is 0 Å². The summed E-state index contributed by atoms with van der Waals surface area (Å²) in [5, 5.41) is 3.35. The zero-order chi connectivity index (χ0) is 14.7. The van der Waals surface area contributed by atoms with Crippen molar-refractivity contribution in [2.75, 3.05) is 0 Å². The van der Waals surface area contributed by atoms with Crippen molar-refractivity contribution in [3.8, 4) is 0 Å². The second kappa shape index (κ2) is 6.33. The Morgan fingerprint density at radius 1 is 1.10 bits per heavy atom. The minimum absolute atomic E-state index is 0.0242. The first kappa shape index (κ1) is 14.9. The number of halogens is 3. The van der Waals surface area contributed by atoms with Crippen molar-refractivity contribution in [2.45, 2.75) is 26.4 Å². The van der Waals surface area contributed by atoms with Gasteiger partial charge in [0.2, 0.25) is 0 Å². The lowest BCUT2D eigenvalue weighted by atomic mass is 10.1. The minimum Gasteiger partial charge on any atom is -0.306 e. The Balaban J connectivity index is 2.02. The summed E-state index contributed by atoms with van der Waals surface area (Å²) >= 11 is 5.63. The summed E-state index contributed by atoms with van der Waals surface area (Å²) in [6, 6.07) is 9.84. The van der Waals surface area contributed by atoms with Gasteiger partial charge in [0.25, 0.3) is 0 Å². The molecule has 0 fully saturated rings. The van der Waals surface area contributed by atoms with E-state index in [1.54, 1.807) is 19.1 Å². The molecule has 0 aromatic heterocycles. The van der Waals surface area contributed by atoms with Crippen molar-refractivity contribution in [1.82, 2.24) is 5.32 Å². The van der Waals surface area contributed by atoms with Gasteiger partial charge in [-0.05, 0) is 48.7 Å². The predicted molar refractivity (Wildman–Crippen MR) is 77.8 cm³/mol. The fourth-order valence-electron chi connectivity index (χ4n) is 1.92. The zero-order valence-electron chi connectivity index (χ0n) is 11.4. The molecule has 20 heavy (non-hydrogen) atoms. The third-order valence-electron chi connectivity index (χ3n) is 3.29. The van der Waals surface area contributed by atoms with E-state index in [2.05, 4.69) is 5.32 Å². The number of benzene rings is 2. The van der Waals surface area contributed by atoms with Crippen LogP contribution in [-0.4, -0.2) is 0 Å². The molecule has 0 heterocycles. The average molecular weight is 296 g/mol. The van der Waals surface area contributed by atoms with Gasteiger partial charge >= 0.3 is 0 Å². The molecule has 0 aliphatic heterocycles. The molecule has 2 rings (SSSR count). The number of rotatable bonds is 4. The molecule has 0 radical (unpaired) electrons. The van der Waals surface area contributed by atoms with Crippen molar-refractivity contribution in [1.29, 1.82) is 0 Å². The second-order valence-corrected chi connectivity index (χ2v) is 5.27. The van der Waals surface area contributed by atoms with Gasteiger partial charge in [-0.2, -0.15) is 0 Å². The molecule has 106 valence electrons. The molecule has 1 N–H and O–H groups in total. The van der Waals surface area contributed by atoms with E-state index < -0.39 is 5.82 Å². The fraction of sp³-hybridized carbons (Fsp3) is 0.250. The van der Waals surface area contributed by atoms with E-state index >= 15 is 0 Å². The van der Waals surface area contributed by atoms with Gasteiger partial charge in [0.05, 0.1) is 5.02 Å². The first-order chi connectivity index (χ1) is 9.47. The Labute approximate surface area is 122 Å². The van der Waals surface area contributed by atoms with Gasteiger partial charge in [0, 0.05) is 12.6 Å². The molecule has 2 aromatic carbocycles. The number of hydrogen-bond donors (Lipinski definition) is 1. The summed E-state index contributed by atoms with van der Waals surface area (Å²) < 4.78 is 26.8. The topological polar surface area (TPSA) is 12.0 Å². The first-order valence-corrected chi connectivity index (χ1v) is 6.78. The highest BCUT2D eigenvalue weighted by Gasteiger charge is 2.08. The van der Waals surface area contributed by atoms with Crippen LogP contribution in [0.1, 0.15) is 29.7 Å². The van der Waals surface area contributed by atoms with E-state index in [9.17, 15) is 8.78 Å². The molecule has 0 saturated heterocycles. The maximum absolute atomic E-state index is 13.5. The van der Waals surface area contributed by atoms with E-state index in [0.29, 0.717) is 12.1 Å². The third kappa shape index (κ3) is 3.56. The summed E-state index contributed by atoms with van der Waals surface area (Å²) in [7, 11) is 0. The van der Waals surface area contributed by atoms with E-state index in [4.69, 9.17) is 11.6 Å². The van der Waals surface area contributed by atoms with Crippen molar-refractivity contribution in [3.05, 3.63) is 69.7 Å². The van der Waals surface area contributed by atoms with Crippen LogP contribution in [0.4, 0.5) is 8.78 Å². The molecule has 1 nitrogen and oxygen atoms in total. The average Bonchev–Trinajstić information content (AvgIpc) is 2.43. The Morgan fingerprint density at radius 2 is 1.85 bits per heavy atom. The highest BCUT2D eigenvalue weighted by molar-refractivity contribution is 6.30. The zero-order valence-corrected chi connectivity index (χ0v) is 12.1. The van der Waals surface area contributed by atoms with Crippen molar-refractivity contribution < 1.29 is 8.78 Å². The van der Waals surface area contributed by atoms with Crippen LogP contribution in [0, 0.1) is 18.6 Å². The minimum atomic E-state index is -0.431. The first-order valence-electron chi connectivity index (χ1n) is 6.40. The molecule has 1 atom stereocenters. The highest BCUT2D eigenvalue weighted by atomic mass is 35.5. The van der Waals surface area contributed by atoms with Crippen LogP contribution < -0.4 is 5.32 Å². The SMILES string of the molecule is Cc1ccc(C(C)NCc2ccc(Cl)c(F)c2)cc1F. The predicted octanol–water partition coefficient (Wildman–Crippen LogP) is 4.78. The molecule has 2 aromatic rings. The van der Waals surface area contributed by atoms with E-state index in [0.717, 1.165) is 11.1 Å². The summed E-state index contributed by atoms with van der Waals surface area (Å²) in [6.07, 6.45) is 0. The molecule has 1 unspecified atom stereocenters. The monoisotopic (exact) mass is 295 g/mol. The summed E-state index contributed by atoms with van der Waals surface area (Å²) in [4.78, 5) is 0. The molecule has 0 saturated carbocycles. The molecule has 0 bridgehead atoms. The molecule has 0 spiro atoms. The standard InChI is InChI=1S/C16H16ClF2N/c1-10-3-5-13(8-15(10)18)11(2)20-9-12-4-6-14(17)16(19)7-12/h3-8,11,20H,9H2,1-2H3. The van der Waals surface area contributed by atoms with Crippen LogP contribution >= 0.6 is 11.6 Å². The van der Waals surface area contributed by atoms with E-state index in [1.807, 2.05) is 13.0 Å². The lowest BCUT2D eigenvalue weighted by Crippen LogP contribution is -2.18. The number of hydrogen-bond acceptors (Lipinski definition) is 1. The second-order valence-electron chi connectivity index (χ2n) is 4.86. The lowest BCUT2D eigenvalue weighted by Gasteiger charge is -2.15. The normalized spacial score (nSPS) is 12.4. The van der Waals surface area contributed by atoms with Crippen LogP contribution in [0.2, 0.25) is 5.02 Å². The molecular weight excluding hydrogens is 280 g/mol. The van der Waals surface area contributed by atoms with Gasteiger partial charge in [-0.1, -0.05) is 29.8 Å². The summed E-state index contributed by atoms with van der Waals surface area (Å²) in [6.45, 7) is 4.16. The Hall–Kier alpha value is -1.45. The lowest BCUT2D eigenvalue weighted by molar-refractivity contribution is 0.559. The molecular formula is C16H16ClF2N. The van der Waals surface area contributed by atoms with E-state index in [1.165, 1.54) is 18.2 Å². The maximum Gasteiger partial charge on any atom is 0.142 e. The number of nitrogens with one attached hydrogen (secondary N) is 1. The van der Waals surface area contributed by atoms with Crippen LogP contribution in [0.5, 0.6) is 0 Å². The van der Waals surface area contributed by atoms with Crippen LogP contribution in [0.15, 0.2) is 36.4 Å². The van der Waals surface area contributed by atoms with Gasteiger partial charge in [-0.3, -0.25) is 0 Å². The largest absolute Gasteiger partial charge is 0.306 e. The smallest absolute Gasteiger partial charge is 0.142 e. The van der Waals surface area contributed by atoms with Gasteiger partial charge in [0.15, 0.2) is 0 Å². The van der Waals surface area contributed by atoms with Gasteiger partial charge in [-0.25, -0.2) is 8.78 Å². The van der Waals surface area contributed by atoms with Crippen molar-refractivity contribution in [3.63, 3.8) is 0 Å². The Bertz CT molecular complexity index is 613. The van der Waals surface area contributed by atoms with Crippen molar-refractivity contribution in [2.24, 2.45) is 0 Å². The van der Waals surface area contributed by atoms with Gasteiger partial charge in [-0.15, -0.1) is 0 Å². The Morgan fingerprint density at radius 3 is 2.50 bits per heavy atom. The van der Waals surface area contributed by atoms with Crippen LogP contribution in [-0.2, 0) is 6.54 Å².